The first-order chi connectivity index (χ1) is 6.56. The number of benzene rings is 1. The van der Waals surface area contributed by atoms with Crippen LogP contribution in [-0.2, 0) is 0 Å². The minimum absolute atomic E-state index is 0.0538. The maximum Gasteiger partial charge on any atom is 0.282 e. The Labute approximate surface area is 84.4 Å². The molecule has 0 heterocycles. The number of nitro benzene ring substituents is 1. The van der Waals surface area contributed by atoms with Crippen LogP contribution >= 0.6 is 11.8 Å². The third-order valence-electron chi connectivity index (χ3n) is 1.67. The van der Waals surface area contributed by atoms with Gasteiger partial charge in [0, 0.05) is 11.0 Å². The molecule has 74 valence electrons. The predicted octanol–water partition coefficient (Wildman–Crippen LogP) is 1.42. The first kappa shape index (κ1) is 10.5. The van der Waals surface area contributed by atoms with Gasteiger partial charge in [-0.1, -0.05) is 0 Å². The highest BCUT2D eigenvalue weighted by Gasteiger charge is 2.17. The Balaban J connectivity index is 3.31. The average Bonchev–Trinajstić information content (AvgIpc) is 2.16. The number of carbonyl (C=O) groups is 1. The lowest BCUT2D eigenvalue weighted by Gasteiger charge is -2.00. The summed E-state index contributed by atoms with van der Waals surface area (Å²) in [5.41, 5.74) is 4.72. The van der Waals surface area contributed by atoms with Crippen molar-refractivity contribution in [3.63, 3.8) is 0 Å². The van der Waals surface area contributed by atoms with E-state index in [1.807, 2.05) is 6.26 Å². The van der Waals surface area contributed by atoms with E-state index in [2.05, 4.69) is 0 Å². The van der Waals surface area contributed by atoms with Gasteiger partial charge >= 0.3 is 0 Å². The van der Waals surface area contributed by atoms with Crippen molar-refractivity contribution in [1.82, 2.24) is 0 Å². The van der Waals surface area contributed by atoms with Crippen LogP contribution in [-0.4, -0.2) is 17.1 Å². The second kappa shape index (κ2) is 4.10. The summed E-state index contributed by atoms with van der Waals surface area (Å²) in [6, 6.07) is 4.28. The number of hydrogen-bond acceptors (Lipinski definition) is 4. The first-order valence-corrected chi connectivity index (χ1v) is 4.91. The van der Waals surface area contributed by atoms with Gasteiger partial charge in [-0.15, -0.1) is 11.8 Å². The monoisotopic (exact) mass is 212 g/mol. The number of nitrogens with two attached hydrogens (primary N) is 1. The SMILES string of the molecule is CSc1ccc([N+](=O)[O-])c(C(N)=O)c1. The lowest BCUT2D eigenvalue weighted by molar-refractivity contribution is -0.385. The Morgan fingerprint density at radius 1 is 1.57 bits per heavy atom. The summed E-state index contributed by atoms with van der Waals surface area (Å²) in [5, 5.41) is 10.5. The molecule has 0 saturated carbocycles. The molecule has 0 fully saturated rings. The molecule has 1 aromatic rings. The summed E-state index contributed by atoms with van der Waals surface area (Å²) in [5.74, 6) is -0.785. The standard InChI is InChI=1S/C8H8N2O3S/c1-14-5-2-3-7(10(12)13)6(4-5)8(9)11/h2-4H,1H3,(H2,9,11). The van der Waals surface area contributed by atoms with E-state index in [0.717, 1.165) is 4.90 Å². The van der Waals surface area contributed by atoms with E-state index in [4.69, 9.17) is 5.73 Å². The topological polar surface area (TPSA) is 86.2 Å². The predicted molar refractivity (Wildman–Crippen MR) is 53.4 cm³/mol. The van der Waals surface area contributed by atoms with Crippen LogP contribution < -0.4 is 5.73 Å². The Kier molecular flexibility index (Phi) is 3.08. The summed E-state index contributed by atoms with van der Waals surface area (Å²) in [4.78, 5) is 21.6. The number of carbonyl (C=O) groups excluding carboxylic acids is 1. The fourth-order valence-electron chi connectivity index (χ4n) is 0.999. The molecule has 0 spiro atoms. The van der Waals surface area contributed by atoms with Crippen molar-refractivity contribution in [3.8, 4) is 0 Å². The number of nitrogens with zero attached hydrogens (tertiary/aromatic N) is 1. The second-order valence-electron chi connectivity index (χ2n) is 2.50. The summed E-state index contributed by atoms with van der Waals surface area (Å²) in [6.45, 7) is 0. The van der Waals surface area contributed by atoms with Gasteiger partial charge in [0.15, 0.2) is 0 Å². The number of amides is 1. The third-order valence-corrected chi connectivity index (χ3v) is 2.39. The average molecular weight is 212 g/mol. The van der Waals surface area contributed by atoms with Crippen LogP contribution in [0.3, 0.4) is 0 Å². The Morgan fingerprint density at radius 2 is 2.21 bits per heavy atom. The normalized spacial score (nSPS) is 9.79. The van der Waals surface area contributed by atoms with Crippen molar-refractivity contribution in [2.45, 2.75) is 4.90 Å². The van der Waals surface area contributed by atoms with Crippen molar-refractivity contribution < 1.29 is 9.72 Å². The molecule has 1 amide bonds. The Bertz CT molecular complexity index is 392. The molecule has 0 aliphatic carbocycles. The molecular formula is C8H8N2O3S. The first-order valence-electron chi connectivity index (χ1n) is 3.68. The van der Waals surface area contributed by atoms with Gasteiger partial charge in [0.1, 0.15) is 5.56 Å². The summed E-state index contributed by atoms with van der Waals surface area (Å²) in [7, 11) is 0. The van der Waals surface area contributed by atoms with E-state index in [-0.39, 0.29) is 11.3 Å². The van der Waals surface area contributed by atoms with Crippen molar-refractivity contribution in [3.05, 3.63) is 33.9 Å². The van der Waals surface area contributed by atoms with E-state index in [0.29, 0.717) is 0 Å². The van der Waals surface area contributed by atoms with Gasteiger partial charge in [-0.25, -0.2) is 0 Å². The number of thioether (sulfide) groups is 1. The van der Waals surface area contributed by atoms with Gasteiger partial charge in [-0.3, -0.25) is 14.9 Å². The van der Waals surface area contributed by atoms with Crippen LogP contribution in [0.25, 0.3) is 0 Å². The van der Waals surface area contributed by atoms with Gasteiger partial charge in [0.25, 0.3) is 11.6 Å². The van der Waals surface area contributed by atoms with Crippen LogP contribution in [0.2, 0.25) is 0 Å². The number of nitro groups is 1. The van der Waals surface area contributed by atoms with E-state index in [1.165, 1.54) is 23.9 Å². The highest BCUT2D eigenvalue weighted by Crippen LogP contribution is 2.24. The van der Waals surface area contributed by atoms with E-state index < -0.39 is 10.8 Å². The molecule has 2 N–H and O–H groups in total. The van der Waals surface area contributed by atoms with Gasteiger partial charge in [0.2, 0.25) is 0 Å². The maximum absolute atomic E-state index is 10.9. The van der Waals surface area contributed by atoms with Crippen molar-refractivity contribution in [2.24, 2.45) is 5.73 Å². The molecule has 0 saturated heterocycles. The lowest BCUT2D eigenvalue weighted by atomic mass is 10.2. The van der Waals surface area contributed by atoms with Gasteiger partial charge < -0.3 is 5.73 Å². The molecule has 1 aromatic carbocycles. The number of rotatable bonds is 3. The summed E-state index contributed by atoms with van der Waals surface area (Å²) >= 11 is 1.39. The highest BCUT2D eigenvalue weighted by atomic mass is 32.2. The Morgan fingerprint density at radius 3 is 2.64 bits per heavy atom. The molecule has 0 aliphatic heterocycles. The molecule has 0 radical (unpaired) electrons. The zero-order valence-corrected chi connectivity index (χ0v) is 8.21. The summed E-state index contributed by atoms with van der Waals surface area (Å²) in [6.07, 6.45) is 1.81. The molecule has 0 unspecified atom stereocenters. The van der Waals surface area contributed by atoms with Crippen LogP contribution in [0.5, 0.6) is 0 Å². The van der Waals surface area contributed by atoms with E-state index in [1.54, 1.807) is 6.07 Å². The highest BCUT2D eigenvalue weighted by molar-refractivity contribution is 7.98. The van der Waals surface area contributed by atoms with E-state index >= 15 is 0 Å². The van der Waals surface area contributed by atoms with E-state index in [9.17, 15) is 14.9 Å². The van der Waals surface area contributed by atoms with Crippen molar-refractivity contribution in [2.75, 3.05) is 6.26 Å². The van der Waals surface area contributed by atoms with Gasteiger partial charge in [-0.2, -0.15) is 0 Å². The minimum atomic E-state index is -0.785. The molecule has 6 heteroatoms. The van der Waals surface area contributed by atoms with Crippen LogP contribution in [0, 0.1) is 10.1 Å². The van der Waals surface area contributed by atoms with Crippen LogP contribution in [0.15, 0.2) is 23.1 Å². The third kappa shape index (κ3) is 2.02. The molecule has 5 nitrogen and oxygen atoms in total. The van der Waals surface area contributed by atoms with Gasteiger partial charge in [0.05, 0.1) is 4.92 Å². The van der Waals surface area contributed by atoms with Crippen LogP contribution in [0.1, 0.15) is 10.4 Å². The second-order valence-corrected chi connectivity index (χ2v) is 3.38. The molecule has 14 heavy (non-hydrogen) atoms. The zero-order valence-electron chi connectivity index (χ0n) is 7.39. The maximum atomic E-state index is 10.9. The lowest BCUT2D eigenvalue weighted by Crippen LogP contribution is -2.13. The van der Waals surface area contributed by atoms with Crippen LogP contribution in [0.4, 0.5) is 5.69 Å². The molecule has 0 atom stereocenters. The molecular weight excluding hydrogens is 204 g/mol. The molecule has 1 rings (SSSR count). The zero-order chi connectivity index (χ0) is 10.7. The smallest absolute Gasteiger partial charge is 0.282 e. The minimum Gasteiger partial charge on any atom is -0.365 e. The van der Waals surface area contributed by atoms with Crippen molar-refractivity contribution in [1.29, 1.82) is 0 Å². The largest absolute Gasteiger partial charge is 0.365 e. The Hall–Kier alpha value is -1.56. The van der Waals surface area contributed by atoms with Gasteiger partial charge in [-0.05, 0) is 18.4 Å². The molecule has 0 bridgehead atoms. The number of hydrogen-bond donors (Lipinski definition) is 1. The number of primary amides is 1. The molecule has 0 aliphatic rings. The fourth-order valence-corrected chi connectivity index (χ4v) is 1.44. The molecule has 0 aromatic heterocycles. The van der Waals surface area contributed by atoms with Crippen molar-refractivity contribution >= 4 is 23.4 Å². The summed E-state index contributed by atoms with van der Waals surface area (Å²) < 4.78 is 0. The fraction of sp³-hybridized carbons (Fsp3) is 0.125. The quantitative estimate of drug-likeness (QED) is 0.466.